The molecular formula is C25H33IN4O3. The van der Waals surface area contributed by atoms with Crippen molar-refractivity contribution < 1.29 is 13.9 Å². The zero-order valence-corrected chi connectivity index (χ0v) is 22.0. The van der Waals surface area contributed by atoms with Crippen LogP contribution >= 0.6 is 24.0 Å². The molecule has 33 heavy (non-hydrogen) atoms. The molecule has 0 saturated carbocycles. The highest BCUT2D eigenvalue weighted by molar-refractivity contribution is 14.0. The molecule has 0 saturated heterocycles. The van der Waals surface area contributed by atoms with E-state index in [0.29, 0.717) is 18.9 Å². The standard InChI is InChI=1S/C25H32N4O3.HI/c1-5-26-25(27-14-12-19-8-11-22(30-3)23(16-19)31-4)28-15-13-21-17-32-24(29-21)20-9-6-18(2)7-10-20;/h6-11,16-17H,5,12-15H2,1-4H3,(H2,26,27,28);1H. The van der Waals surface area contributed by atoms with Gasteiger partial charge in [0.1, 0.15) is 6.26 Å². The highest BCUT2D eigenvalue weighted by Crippen LogP contribution is 2.27. The third kappa shape index (κ3) is 7.96. The number of nitrogens with one attached hydrogen (secondary N) is 2. The van der Waals surface area contributed by atoms with Crippen LogP contribution in [0.5, 0.6) is 11.5 Å². The van der Waals surface area contributed by atoms with Gasteiger partial charge in [-0.15, -0.1) is 24.0 Å². The molecule has 0 bridgehead atoms. The van der Waals surface area contributed by atoms with Gasteiger partial charge in [-0.05, 0) is 50.1 Å². The van der Waals surface area contributed by atoms with Crippen molar-refractivity contribution in [2.45, 2.75) is 26.7 Å². The predicted molar refractivity (Wildman–Crippen MR) is 143 cm³/mol. The highest BCUT2D eigenvalue weighted by Gasteiger charge is 2.07. The van der Waals surface area contributed by atoms with E-state index in [9.17, 15) is 0 Å². The van der Waals surface area contributed by atoms with Gasteiger partial charge in [0.15, 0.2) is 17.5 Å². The molecule has 0 amide bonds. The summed E-state index contributed by atoms with van der Waals surface area (Å²) in [7, 11) is 3.29. The Kier molecular flexibility index (Phi) is 11.0. The van der Waals surface area contributed by atoms with Gasteiger partial charge in [0.05, 0.1) is 19.9 Å². The van der Waals surface area contributed by atoms with Crippen molar-refractivity contribution in [1.29, 1.82) is 0 Å². The summed E-state index contributed by atoms with van der Waals surface area (Å²) in [5.74, 6) is 2.90. The van der Waals surface area contributed by atoms with Crippen LogP contribution in [0.25, 0.3) is 11.5 Å². The lowest BCUT2D eigenvalue weighted by Crippen LogP contribution is -2.38. The lowest BCUT2D eigenvalue weighted by molar-refractivity contribution is 0.354. The lowest BCUT2D eigenvalue weighted by atomic mass is 10.1. The number of aliphatic imine (C=N–C) groups is 1. The summed E-state index contributed by atoms with van der Waals surface area (Å²) in [5, 5.41) is 6.66. The van der Waals surface area contributed by atoms with Crippen LogP contribution in [0.3, 0.4) is 0 Å². The maximum atomic E-state index is 5.63. The van der Waals surface area contributed by atoms with Gasteiger partial charge in [0, 0.05) is 31.6 Å². The Balaban J connectivity index is 0.00000385. The number of methoxy groups -OCH3 is 2. The van der Waals surface area contributed by atoms with Crippen LogP contribution in [-0.4, -0.2) is 44.8 Å². The van der Waals surface area contributed by atoms with Gasteiger partial charge in [-0.2, -0.15) is 0 Å². The summed E-state index contributed by atoms with van der Waals surface area (Å²) in [6.45, 7) is 6.28. The molecule has 0 unspecified atom stereocenters. The third-order valence-electron chi connectivity index (χ3n) is 4.99. The first-order valence-corrected chi connectivity index (χ1v) is 10.9. The van der Waals surface area contributed by atoms with E-state index in [-0.39, 0.29) is 24.0 Å². The molecule has 2 N–H and O–H groups in total. The third-order valence-corrected chi connectivity index (χ3v) is 4.99. The molecule has 0 aliphatic carbocycles. The van der Waals surface area contributed by atoms with E-state index < -0.39 is 0 Å². The Morgan fingerprint density at radius 2 is 1.76 bits per heavy atom. The Bertz CT molecular complexity index is 1020. The van der Waals surface area contributed by atoms with Gasteiger partial charge < -0.3 is 24.5 Å². The normalized spacial score (nSPS) is 11.0. The summed E-state index contributed by atoms with van der Waals surface area (Å²) < 4.78 is 16.3. The van der Waals surface area contributed by atoms with E-state index in [2.05, 4.69) is 46.6 Å². The molecule has 8 heteroatoms. The van der Waals surface area contributed by atoms with Crippen LogP contribution in [0.4, 0.5) is 0 Å². The lowest BCUT2D eigenvalue weighted by Gasteiger charge is -2.12. The maximum absolute atomic E-state index is 5.63. The first-order valence-electron chi connectivity index (χ1n) is 10.9. The van der Waals surface area contributed by atoms with Crippen molar-refractivity contribution in [3.63, 3.8) is 0 Å². The molecule has 1 heterocycles. The second-order valence-corrected chi connectivity index (χ2v) is 7.39. The van der Waals surface area contributed by atoms with E-state index in [1.54, 1.807) is 20.5 Å². The van der Waals surface area contributed by atoms with Crippen LogP contribution in [-0.2, 0) is 12.8 Å². The zero-order chi connectivity index (χ0) is 22.8. The van der Waals surface area contributed by atoms with Crippen molar-refractivity contribution in [2.75, 3.05) is 33.9 Å². The number of rotatable bonds is 10. The van der Waals surface area contributed by atoms with Crippen LogP contribution < -0.4 is 20.1 Å². The first-order chi connectivity index (χ1) is 15.6. The minimum Gasteiger partial charge on any atom is -0.493 e. The fourth-order valence-electron chi connectivity index (χ4n) is 3.24. The van der Waals surface area contributed by atoms with Crippen LogP contribution in [0, 0.1) is 6.92 Å². The van der Waals surface area contributed by atoms with Crippen molar-refractivity contribution in [1.82, 2.24) is 15.6 Å². The monoisotopic (exact) mass is 564 g/mol. The Labute approximate surface area is 213 Å². The van der Waals surface area contributed by atoms with Crippen LogP contribution in [0.15, 0.2) is 58.1 Å². The van der Waals surface area contributed by atoms with Gasteiger partial charge in [0.25, 0.3) is 0 Å². The highest BCUT2D eigenvalue weighted by atomic mass is 127. The number of benzene rings is 2. The predicted octanol–water partition coefficient (Wildman–Crippen LogP) is 4.63. The van der Waals surface area contributed by atoms with Crippen molar-refractivity contribution in [2.24, 2.45) is 4.99 Å². The van der Waals surface area contributed by atoms with Gasteiger partial charge in [-0.1, -0.05) is 23.8 Å². The van der Waals surface area contributed by atoms with Crippen LogP contribution in [0.2, 0.25) is 0 Å². The fraction of sp³-hybridized carbons (Fsp3) is 0.360. The van der Waals surface area contributed by atoms with E-state index in [0.717, 1.165) is 53.8 Å². The summed E-state index contributed by atoms with van der Waals surface area (Å²) >= 11 is 0. The zero-order valence-electron chi connectivity index (χ0n) is 19.7. The number of aryl methyl sites for hydroxylation is 1. The second kappa shape index (κ2) is 13.7. The minimum atomic E-state index is 0. The van der Waals surface area contributed by atoms with Gasteiger partial charge >= 0.3 is 0 Å². The molecule has 3 rings (SSSR count). The number of guanidine groups is 1. The number of hydrogen-bond acceptors (Lipinski definition) is 5. The average molecular weight is 564 g/mol. The molecule has 0 spiro atoms. The van der Waals surface area contributed by atoms with E-state index >= 15 is 0 Å². The minimum absolute atomic E-state index is 0. The molecule has 0 aliphatic heterocycles. The van der Waals surface area contributed by atoms with Crippen molar-refractivity contribution in [3.8, 4) is 23.0 Å². The Morgan fingerprint density at radius 3 is 2.45 bits per heavy atom. The van der Waals surface area contributed by atoms with Crippen molar-refractivity contribution in [3.05, 3.63) is 65.5 Å². The smallest absolute Gasteiger partial charge is 0.226 e. The SMILES string of the molecule is CCNC(=NCCc1coc(-c2ccc(C)cc2)n1)NCCc1ccc(OC)c(OC)c1.I. The Morgan fingerprint density at radius 1 is 1.00 bits per heavy atom. The number of hydrogen-bond donors (Lipinski definition) is 2. The summed E-state index contributed by atoms with van der Waals surface area (Å²) in [4.78, 5) is 9.25. The number of oxazole rings is 1. The largest absolute Gasteiger partial charge is 0.493 e. The maximum Gasteiger partial charge on any atom is 0.226 e. The average Bonchev–Trinajstić information content (AvgIpc) is 3.28. The van der Waals surface area contributed by atoms with Gasteiger partial charge in [0.2, 0.25) is 5.89 Å². The molecule has 0 atom stereocenters. The quantitative estimate of drug-likeness (QED) is 0.213. The second-order valence-electron chi connectivity index (χ2n) is 7.39. The molecule has 3 aromatic rings. The molecule has 0 aliphatic rings. The molecule has 2 aromatic carbocycles. The number of nitrogens with zero attached hydrogens (tertiary/aromatic N) is 2. The summed E-state index contributed by atoms with van der Waals surface area (Å²) in [5.41, 5.74) is 4.25. The van der Waals surface area contributed by atoms with E-state index in [1.807, 2.05) is 30.3 Å². The van der Waals surface area contributed by atoms with Gasteiger partial charge in [-0.25, -0.2) is 4.98 Å². The fourth-order valence-corrected chi connectivity index (χ4v) is 3.24. The topological polar surface area (TPSA) is 80.9 Å². The molecule has 1 aromatic heterocycles. The van der Waals surface area contributed by atoms with Crippen LogP contribution in [0.1, 0.15) is 23.7 Å². The molecule has 0 fully saturated rings. The molecular weight excluding hydrogens is 531 g/mol. The molecule has 0 radical (unpaired) electrons. The molecule has 7 nitrogen and oxygen atoms in total. The van der Waals surface area contributed by atoms with Crippen molar-refractivity contribution >= 4 is 29.9 Å². The summed E-state index contributed by atoms with van der Waals surface area (Å²) in [6.07, 6.45) is 3.26. The Hall–Kier alpha value is -2.75. The number of aromatic nitrogens is 1. The summed E-state index contributed by atoms with van der Waals surface area (Å²) in [6, 6.07) is 14.1. The first kappa shape index (κ1) is 26.5. The molecule has 178 valence electrons. The van der Waals surface area contributed by atoms with E-state index in [1.165, 1.54) is 5.56 Å². The number of ether oxygens (including phenoxy) is 2. The van der Waals surface area contributed by atoms with Gasteiger partial charge in [-0.3, -0.25) is 4.99 Å². The number of halogens is 1. The van der Waals surface area contributed by atoms with E-state index in [4.69, 9.17) is 13.9 Å².